The Morgan fingerprint density at radius 3 is 2.12 bits per heavy atom. The van der Waals surface area contributed by atoms with Crippen LogP contribution in [0.25, 0.3) is 0 Å². The van der Waals surface area contributed by atoms with Crippen LogP contribution in [0.2, 0.25) is 0 Å². The Labute approximate surface area is 103 Å². The Kier molecular flexibility index (Phi) is 4.04. The Morgan fingerprint density at radius 1 is 1.19 bits per heavy atom. The minimum atomic E-state index is -0.417. The summed E-state index contributed by atoms with van der Waals surface area (Å²) in [5, 5.41) is 9.52. The fraction of sp³-hybridized carbons (Fsp3) is 0.500. The van der Waals surface area contributed by atoms with E-state index in [4.69, 9.17) is 0 Å². The molecule has 0 saturated heterocycles. The standard InChI is InChI=1S/C14H19NS/c1-13(2,3)10-14(11-15,16-4)12-8-6-5-7-9-12/h5-9H,10H2,1-4H3. The summed E-state index contributed by atoms with van der Waals surface area (Å²) in [6, 6.07) is 12.6. The molecule has 0 heterocycles. The first-order valence-corrected chi connectivity index (χ1v) is 6.68. The lowest BCUT2D eigenvalue weighted by Crippen LogP contribution is -2.26. The number of hydrogen-bond donors (Lipinski definition) is 0. The molecule has 1 aromatic carbocycles. The summed E-state index contributed by atoms with van der Waals surface area (Å²) in [4.78, 5) is 0. The molecule has 0 saturated carbocycles. The van der Waals surface area contributed by atoms with Crippen LogP contribution < -0.4 is 0 Å². The molecule has 1 unspecified atom stereocenters. The monoisotopic (exact) mass is 233 g/mol. The highest BCUT2D eigenvalue weighted by Gasteiger charge is 2.35. The van der Waals surface area contributed by atoms with Crippen molar-refractivity contribution in [2.45, 2.75) is 31.9 Å². The van der Waals surface area contributed by atoms with Gasteiger partial charge in [0.1, 0.15) is 4.75 Å². The van der Waals surface area contributed by atoms with Crippen LogP contribution in [0, 0.1) is 16.7 Å². The molecule has 0 aliphatic carbocycles. The first-order valence-electron chi connectivity index (χ1n) is 5.45. The molecule has 0 aliphatic heterocycles. The molecule has 16 heavy (non-hydrogen) atoms. The van der Waals surface area contributed by atoms with Crippen LogP contribution in [-0.2, 0) is 4.75 Å². The van der Waals surface area contributed by atoms with E-state index in [-0.39, 0.29) is 5.41 Å². The van der Waals surface area contributed by atoms with Crippen LogP contribution in [0.5, 0.6) is 0 Å². The number of thioether (sulfide) groups is 1. The molecule has 0 radical (unpaired) electrons. The van der Waals surface area contributed by atoms with Crippen molar-refractivity contribution in [2.75, 3.05) is 6.26 Å². The van der Waals surface area contributed by atoms with Crippen LogP contribution in [0.15, 0.2) is 30.3 Å². The second kappa shape index (κ2) is 4.93. The normalized spacial score (nSPS) is 15.2. The van der Waals surface area contributed by atoms with E-state index in [1.54, 1.807) is 11.8 Å². The van der Waals surface area contributed by atoms with Gasteiger partial charge in [-0.1, -0.05) is 51.1 Å². The summed E-state index contributed by atoms with van der Waals surface area (Å²) >= 11 is 1.64. The van der Waals surface area contributed by atoms with Gasteiger partial charge < -0.3 is 0 Å². The molecule has 1 nitrogen and oxygen atoms in total. The largest absolute Gasteiger partial charge is 0.196 e. The van der Waals surface area contributed by atoms with Crippen molar-refractivity contribution in [1.82, 2.24) is 0 Å². The first-order chi connectivity index (χ1) is 7.43. The van der Waals surface area contributed by atoms with Crippen molar-refractivity contribution in [3.8, 4) is 6.07 Å². The lowest BCUT2D eigenvalue weighted by Gasteiger charge is -2.32. The lowest BCUT2D eigenvalue weighted by atomic mass is 9.81. The molecule has 0 fully saturated rings. The van der Waals surface area contributed by atoms with Crippen LogP contribution in [0.3, 0.4) is 0 Å². The molecule has 1 rings (SSSR count). The highest BCUT2D eigenvalue weighted by Crippen LogP contribution is 2.43. The summed E-state index contributed by atoms with van der Waals surface area (Å²) in [5.74, 6) is 0. The Morgan fingerprint density at radius 2 is 1.75 bits per heavy atom. The van der Waals surface area contributed by atoms with Gasteiger partial charge in [0.2, 0.25) is 0 Å². The molecule has 2 heteroatoms. The van der Waals surface area contributed by atoms with E-state index in [2.05, 4.69) is 26.8 Å². The molecule has 0 amide bonds. The third-order valence-electron chi connectivity index (χ3n) is 2.55. The SMILES string of the molecule is CSC(C#N)(CC(C)(C)C)c1ccccc1. The number of nitrogens with zero attached hydrogens (tertiary/aromatic N) is 1. The van der Waals surface area contributed by atoms with E-state index in [1.807, 2.05) is 36.6 Å². The van der Waals surface area contributed by atoms with Gasteiger partial charge in [-0.2, -0.15) is 5.26 Å². The van der Waals surface area contributed by atoms with E-state index >= 15 is 0 Å². The fourth-order valence-electron chi connectivity index (χ4n) is 1.90. The van der Waals surface area contributed by atoms with Crippen molar-refractivity contribution < 1.29 is 0 Å². The highest BCUT2D eigenvalue weighted by atomic mass is 32.2. The van der Waals surface area contributed by atoms with Crippen LogP contribution in [0.1, 0.15) is 32.8 Å². The predicted molar refractivity (Wildman–Crippen MR) is 71.3 cm³/mol. The zero-order valence-corrected chi connectivity index (χ0v) is 11.3. The van der Waals surface area contributed by atoms with Gasteiger partial charge >= 0.3 is 0 Å². The topological polar surface area (TPSA) is 23.8 Å². The number of hydrogen-bond acceptors (Lipinski definition) is 2. The van der Waals surface area contributed by atoms with Crippen molar-refractivity contribution in [1.29, 1.82) is 5.26 Å². The smallest absolute Gasteiger partial charge is 0.128 e. The maximum atomic E-state index is 9.52. The van der Waals surface area contributed by atoms with Crippen molar-refractivity contribution in [3.05, 3.63) is 35.9 Å². The fourth-order valence-corrected chi connectivity index (χ4v) is 2.94. The van der Waals surface area contributed by atoms with Gasteiger partial charge in [-0.15, -0.1) is 11.8 Å². The van der Waals surface area contributed by atoms with Gasteiger partial charge in [0.05, 0.1) is 6.07 Å². The van der Waals surface area contributed by atoms with Gasteiger partial charge in [0.25, 0.3) is 0 Å². The van der Waals surface area contributed by atoms with Crippen LogP contribution >= 0.6 is 11.8 Å². The Balaban J connectivity index is 3.13. The third kappa shape index (κ3) is 3.02. The molecule has 0 spiro atoms. The average molecular weight is 233 g/mol. The number of nitriles is 1. The third-order valence-corrected chi connectivity index (χ3v) is 3.72. The molecule has 0 aliphatic rings. The lowest BCUT2D eigenvalue weighted by molar-refractivity contribution is 0.349. The molecular formula is C14H19NS. The quantitative estimate of drug-likeness (QED) is 0.781. The maximum Gasteiger partial charge on any atom is 0.128 e. The first kappa shape index (κ1) is 13.1. The zero-order valence-electron chi connectivity index (χ0n) is 10.4. The van der Waals surface area contributed by atoms with Crippen molar-refractivity contribution >= 4 is 11.8 Å². The van der Waals surface area contributed by atoms with Gasteiger partial charge in [0, 0.05) is 0 Å². The van der Waals surface area contributed by atoms with Crippen molar-refractivity contribution in [3.63, 3.8) is 0 Å². The van der Waals surface area contributed by atoms with Gasteiger partial charge in [0.15, 0.2) is 0 Å². The Bertz CT molecular complexity index is 372. The van der Waals surface area contributed by atoms with E-state index in [0.29, 0.717) is 0 Å². The molecule has 1 atom stereocenters. The maximum absolute atomic E-state index is 9.52. The van der Waals surface area contributed by atoms with Crippen LogP contribution in [0.4, 0.5) is 0 Å². The molecule has 86 valence electrons. The second-order valence-electron chi connectivity index (χ2n) is 5.25. The molecule has 0 aromatic heterocycles. The number of rotatable bonds is 3. The predicted octanol–water partition coefficient (Wildman–Crippen LogP) is 4.20. The van der Waals surface area contributed by atoms with Gasteiger partial charge in [-0.25, -0.2) is 0 Å². The summed E-state index contributed by atoms with van der Waals surface area (Å²) < 4.78 is -0.417. The Hall–Kier alpha value is -0.940. The summed E-state index contributed by atoms with van der Waals surface area (Å²) in [5.41, 5.74) is 1.26. The minimum Gasteiger partial charge on any atom is -0.196 e. The number of benzene rings is 1. The van der Waals surface area contributed by atoms with Gasteiger partial charge in [-0.05, 0) is 23.7 Å². The molecular weight excluding hydrogens is 214 g/mol. The van der Waals surface area contributed by atoms with E-state index in [1.165, 1.54) is 0 Å². The second-order valence-corrected chi connectivity index (χ2v) is 6.35. The van der Waals surface area contributed by atoms with E-state index < -0.39 is 4.75 Å². The van der Waals surface area contributed by atoms with Gasteiger partial charge in [-0.3, -0.25) is 0 Å². The molecule has 0 N–H and O–H groups in total. The van der Waals surface area contributed by atoms with E-state index in [0.717, 1.165) is 12.0 Å². The average Bonchev–Trinajstić information content (AvgIpc) is 2.26. The zero-order chi connectivity index (χ0) is 12.2. The van der Waals surface area contributed by atoms with Crippen molar-refractivity contribution in [2.24, 2.45) is 5.41 Å². The minimum absolute atomic E-state index is 0.147. The van der Waals surface area contributed by atoms with E-state index in [9.17, 15) is 5.26 Å². The van der Waals surface area contributed by atoms with Crippen LogP contribution in [-0.4, -0.2) is 6.26 Å². The summed E-state index contributed by atoms with van der Waals surface area (Å²) in [7, 11) is 0. The molecule has 0 bridgehead atoms. The summed E-state index contributed by atoms with van der Waals surface area (Å²) in [6.07, 6.45) is 2.88. The molecule has 1 aromatic rings. The summed E-state index contributed by atoms with van der Waals surface area (Å²) in [6.45, 7) is 6.54. The highest BCUT2D eigenvalue weighted by molar-refractivity contribution is 7.99.